The molecule has 0 saturated heterocycles. The summed E-state index contributed by atoms with van der Waals surface area (Å²) in [6, 6.07) is 13.5. The molecule has 0 atom stereocenters. The lowest BCUT2D eigenvalue weighted by atomic mass is 10.1. The van der Waals surface area contributed by atoms with Crippen molar-refractivity contribution in [2.24, 2.45) is 0 Å². The van der Waals surface area contributed by atoms with Gasteiger partial charge in [0.05, 0.1) is 12.7 Å². The Bertz CT molecular complexity index is 803. The zero-order valence-electron chi connectivity index (χ0n) is 14.8. The van der Waals surface area contributed by atoms with Gasteiger partial charge in [0.15, 0.2) is 0 Å². The molecule has 0 unspecified atom stereocenters. The molecule has 0 aliphatic heterocycles. The molecule has 2 rings (SSSR count). The molecule has 26 heavy (non-hydrogen) atoms. The summed E-state index contributed by atoms with van der Waals surface area (Å²) in [4.78, 5) is 37.4. The lowest BCUT2D eigenvalue weighted by Crippen LogP contribution is -2.22. The Labute approximate surface area is 151 Å². The number of nitrogens with one attached hydrogen (secondary N) is 1. The maximum atomic E-state index is 12.2. The summed E-state index contributed by atoms with van der Waals surface area (Å²) in [7, 11) is 4.42. The quantitative estimate of drug-likeness (QED) is 0.833. The summed E-state index contributed by atoms with van der Waals surface area (Å²) in [5, 5.41) is 2.53. The van der Waals surface area contributed by atoms with Crippen LogP contribution in [0.1, 0.15) is 26.3 Å². The van der Waals surface area contributed by atoms with Gasteiger partial charge in [0.2, 0.25) is 0 Å². The van der Waals surface area contributed by atoms with E-state index in [0.717, 1.165) is 5.56 Å². The van der Waals surface area contributed by atoms with Crippen molar-refractivity contribution in [1.82, 2.24) is 4.90 Å². The third-order valence-electron chi connectivity index (χ3n) is 3.47. The van der Waals surface area contributed by atoms with Crippen LogP contribution in [0.3, 0.4) is 0 Å². The molecule has 136 valence electrons. The molecule has 0 aromatic heterocycles. The number of hydrogen-bond donors (Lipinski definition) is 1. The van der Waals surface area contributed by atoms with Crippen LogP contribution in [-0.2, 0) is 16.1 Å². The SMILES string of the molecule is COC(=O)c1cc(NC(=O)OCc2ccccc2)cc(C(=O)N(C)C)c1. The predicted molar refractivity (Wildman–Crippen MR) is 96.0 cm³/mol. The van der Waals surface area contributed by atoms with E-state index in [2.05, 4.69) is 10.1 Å². The van der Waals surface area contributed by atoms with Gasteiger partial charge >= 0.3 is 12.1 Å². The fourth-order valence-corrected chi connectivity index (χ4v) is 2.19. The lowest BCUT2D eigenvalue weighted by molar-refractivity contribution is 0.0600. The topological polar surface area (TPSA) is 84.9 Å². The van der Waals surface area contributed by atoms with Crippen LogP contribution in [-0.4, -0.2) is 44.1 Å². The average Bonchev–Trinajstić information content (AvgIpc) is 2.65. The minimum Gasteiger partial charge on any atom is -0.465 e. The molecule has 2 aromatic carbocycles. The highest BCUT2D eigenvalue weighted by atomic mass is 16.5. The van der Waals surface area contributed by atoms with Crippen LogP contribution in [0.25, 0.3) is 0 Å². The van der Waals surface area contributed by atoms with Gasteiger partial charge in [-0.3, -0.25) is 10.1 Å². The van der Waals surface area contributed by atoms with Crippen LogP contribution in [0.4, 0.5) is 10.5 Å². The monoisotopic (exact) mass is 356 g/mol. The molecule has 2 amide bonds. The number of ether oxygens (including phenoxy) is 2. The van der Waals surface area contributed by atoms with Crippen molar-refractivity contribution < 1.29 is 23.9 Å². The van der Waals surface area contributed by atoms with Crippen molar-refractivity contribution in [2.45, 2.75) is 6.61 Å². The summed E-state index contributed by atoms with van der Waals surface area (Å²) in [5.41, 5.74) is 1.50. The molecular formula is C19H20N2O5. The van der Waals surface area contributed by atoms with Gasteiger partial charge in [-0.25, -0.2) is 9.59 Å². The largest absolute Gasteiger partial charge is 0.465 e. The van der Waals surface area contributed by atoms with Crippen LogP contribution in [0.15, 0.2) is 48.5 Å². The van der Waals surface area contributed by atoms with E-state index >= 15 is 0 Å². The molecule has 7 heteroatoms. The molecule has 2 aromatic rings. The summed E-state index contributed by atoms with van der Waals surface area (Å²) in [6.07, 6.45) is -0.695. The summed E-state index contributed by atoms with van der Waals surface area (Å²) in [6.45, 7) is 0.104. The highest BCUT2D eigenvalue weighted by molar-refractivity contribution is 6.00. The molecule has 0 heterocycles. The van der Waals surface area contributed by atoms with E-state index < -0.39 is 12.1 Å². The third kappa shape index (κ3) is 5.07. The molecular weight excluding hydrogens is 336 g/mol. The number of rotatable bonds is 5. The van der Waals surface area contributed by atoms with Gasteiger partial charge in [-0.2, -0.15) is 0 Å². The van der Waals surface area contributed by atoms with Gasteiger partial charge in [0, 0.05) is 25.3 Å². The minimum absolute atomic E-state index is 0.104. The van der Waals surface area contributed by atoms with Crippen LogP contribution in [0, 0.1) is 0 Å². The van der Waals surface area contributed by atoms with Crippen molar-refractivity contribution in [3.05, 3.63) is 65.2 Å². The van der Waals surface area contributed by atoms with E-state index in [1.165, 1.54) is 30.2 Å². The standard InChI is InChI=1S/C19H20N2O5/c1-21(2)17(22)14-9-15(18(23)25-3)11-16(10-14)20-19(24)26-12-13-7-5-4-6-8-13/h4-11H,12H2,1-3H3,(H,20,24). The number of hydrogen-bond acceptors (Lipinski definition) is 5. The van der Waals surface area contributed by atoms with Crippen molar-refractivity contribution in [3.8, 4) is 0 Å². The first kappa shape index (κ1) is 19.0. The Balaban J connectivity index is 2.16. The molecule has 0 spiro atoms. The fourth-order valence-electron chi connectivity index (χ4n) is 2.19. The maximum absolute atomic E-state index is 12.2. The Kier molecular flexibility index (Phi) is 6.32. The molecule has 0 aliphatic rings. The number of esters is 1. The van der Waals surface area contributed by atoms with E-state index in [9.17, 15) is 14.4 Å². The second kappa shape index (κ2) is 8.66. The first-order valence-electron chi connectivity index (χ1n) is 7.83. The molecule has 0 saturated carbocycles. The van der Waals surface area contributed by atoms with Crippen LogP contribution in [0.5, 0.6) is 0 Å². The second-order valence-electron chi connectivity index (χ2n) is 5.68. The van der Waals surface area contributed by atoms with Crippen LogP contribution in [0.2, 0.25) is 0 Å². The number of carbonyl (C=O) groups is 3. The van der Waals surface area contributed by atoms with Crippen LogP contribution >= 0.6 is 0 Å². The van der Waals surface area contributed by atoms with Crippen molar-refractivity contribution in [1.29, 1.82) is 0 Å². The highest BCUT2D eigenvalue weighted by Crippen LogP contribution is 2.18. The van der Waals surface area contributed by atoms with Crippen molar-refractivity contribution >= 4 is 23.7 Å². The van der Waals surface area contributed by atoms with Gasteiger partial charge < -0.3 is 14.4 Å². The third-order valence-corrected chi connectivity index (χ3v) is 3.47. The van der Waals surface area contributed by atoms with E-state index in [0.29, 0.717) is 0 Å². The molecule has 7 nitrogen and oxygen atoms in total. The lowest BCUT2D eigenvalue weighted by Gasteiger charge is -2.13. The van der Waals surface area contributed by atoms with E-state index in [1.54, 1.807) is 14.1 Å². The smallest absolute Gasteiger partial charge is 0.411 e. The summed E-state index contributed by atoms with van der Waals surface area (Å²) in [5.74, 6) is -0.921. The van der Waals surface area contributed by atoms with E-state index in [-0.39, 0.29) is 29.3 Å². The number of benzene rings is 2. The number of nitrogens with zero attached hydrogens (tertiary/aromatic N) is 1. The molecule has 0 aliphatic carbocycles. The molecule has 0 bridgehead atoms. The first-order valence-corrected chi connectivity index (χ1v) is 7.83. The van der Waals surface area contributed by atoms with Gasteiger partial charge in [-0.05, 0) is 23.8 Å². The Morgan fingerprint density at radius 2 is 1.65 bits per heavy atom. The van der Waals surface area contributed by atoms with Crippen LogP contribution < -0.4 is 5.32 Å². The number of methoxy groups -OCH3 is 1. The second-order valence-corrected chi connectivity index (χ2v) is 5.68. The van der Waals surface area contributed by atoms with E-state index in [4.69, 9.17) is 4.74 Å². The minimum atomic E-state index is -0.695. The highest BCUT2D eigenvalue weighted by Gasteiger charge is 2.16. The van der Waals surface area contributed by atoms with Gasteiger partial charge in [0.25, 0.3) is 5.91 Å². The zero-order chi connectivity index (χ0) is 19.1. The first-order chi connectivity index (χ1) is 12.4. The Morgan fingerprint density at radius 1 is 1.00 bits per heavy atom. The number of amides is 2. The fraction of sp³-hybridized carbons (Fsp3) is 0.211. The van der Waals surface area contributed by atoms with Gasteiger partial charge in [-0.1, -0.05) is 30.3 Å². The zero-order valence-corrected chi connectivity index (χ0v) is 14.8. The van der Waals surface area contributed by atoms with Crippen molar-refractivity contribution in [3.63, 3.8) is 0 Å². The average molecular weight is 356 g/mol. The number of anilines is 1. The van der Waals surface area contributed by atoms with Crippen molar-refractivity contribution in [2.75, 3.05) is 26.5 Å². The summed E-state index contributed by atoms with van der Waals surface area (Å²) < 4.78 is 9.83. The predicted octanol–water partition coefficient (Wildman–Crippen LogP) is 2.92. The van der Waals surface area contributed by atoms with Gasteiger partial charge in [-0.15, -0.1) is 0 Å². The molecule has 0 radical (unpaired) electrons. The normalized spacial score (nSPS) is 9.96. The molecule has 0 fully saturated rings. The summed E-state index contributed by atoms with van der Waals surface area (Å²) >= 11 is 0. The number of carbonyl (C=O) groups excluding carboxylic acids is 3. The maximum Gasteiger partial charge on any atom is 0.411 e. The van der Waals surface area contributed by atoms with Gasteiger partial charge in [0.1, 0.15) is 6.61 Å². The van der Waals surface area contributed by atoms with E-state index in [1.807, 2.05) is 30.3 Å². The molecule has 1 N–H and O–H groups in total. The Hall–Kier alpha value is -3.35. The Morgan fingerprint density at radius 3 is 2.27 bits per heavy atom.